The van der Waals surface area contributed by atoms with Gasteiger partial charge in [-0.1, -0.05) is 154 Å². The number of carbonyl (C=O) groups is 1. The Labute approximate surface area is 314 Å². The average molecular weight is 748 g/mol. The lowest BCUT2D eigenvalue weighted by Gasteiger charge is -2.28. The fourth-order valence-electron chi connectivity index (χ4n) is 6.14. The highest BCUT2D eigenvalue weighted by Gasteiger charge is 2.31. The highest BCUT2D eigenvalue weighted by molar-refractivity contribution is 7.47. The van der Waals surface area contributed by atoms with Crippen LogP contribution in [0.2, 0.25) is 0 Å². The summed E-state index contributed by atoms with van der Waals surface area (Å²) < 4.78 is 23.4. The van der Waals surface area contributed by atoms with Gasteiger partial charge in [0.25, 0.3) is 0 Å². The van der Waals surface area contributed by atoms with Gasteiger partial charge in [-0.05, 0) is 38.5 Å². The summed E-state index contributed by atoms with van der Waals surface area (Å²) in [7, 11) is 1.42. The van der Waals surface area contributed by atoms with E-state index in [1.807, 2.05) is 21.1 Å². The average Bonchev–Trinajstić information content (AvgIpc) is 3.07. The first-order valence-electron chi connectivity index (χ1n) is 21.1. The minimum atomic E-state index is -4.41. The van der Waals surface area contributed by atoms with Crippen molar-refractivity contribution < 1.29 is 38.0 Å². The number of amides is 1. The number of aliphatic hydroxyl groups is 2. The van der Waals surface area contributed by atoms with Gasteiger partial charge in [0.2, 0.25) is 5.91 Å². The van der Waals surface area contributed by atoms with E-state index >= 15 is 0 Å². The van der Waals surface area contributed by atoms with Gasteiger partial charge in [0.15, 0.2) is 0 Å². The van der Waals surface area contributed by atoms with Crippen molar-refractivity contribution in [3.8, 4) is 0 Å². The molecule has 0 aromatic rings. The summed E-state index contributed by atoms with van der Waals surface area (Å²) in [4.78, 5) is 23.1. The quantitative estimate of drug-likeness (QED) is 0.0214. The molecular formula is C41H84N2O7P+. The number of unbranched alkanes of at least 4 members (excludes halogenated alkanes) is 22. The number of phosphoric ester groups is 1. The van der Waals surface area contributed by atoms with Gasteiger partial charge in [-0.2, -0.15) is 0 Å². The van der Waals surface area contributed by atoms with E-state index in [1.54, 1.807) is 0 Å². The minimum Gasteiger partial charge on any atom is -0.390 e. The Morgan fingerprint density at radius 2 is 1.10 bits per heavy atom. The first-order chi connectivity index (χ1) is 24.4. The molecule has 4 N–H and O–H groups in total. The van der Waals surface area contributed by atoms with Crippen molar-refractivity contribution in [3.63, 3.8) is 0 Å². The summed E-state index contributed by atoms with van der Waals surface area (Å²) in [6.45, 7) is 4.57. The van der Waals surface area contributed by atoms with Crippen molar-refractivity contribution in [2.45, 2.75) is 205 Å². The Balaban J connectivity index is 4.56. The predicted octanol–water partition coefficient (Wildman–Crippen LogP) is 10.2. The highest BCUT2D eigenvalue weighted by Crippen LogP contribution is 2.43. The number of allylic oxidation sites excluding steroid dienone is 2. The molecule has 0 spiro atoms. The molecule has 0 saturated carbocycles. The lowest BCUT2D eigenvalue weighted by molar-refractivity contribution is -0.870. The highest BCUT2D eigenvalue weighted by atomic mass is 31.2. The first-order valence-corrected chi connectivity index (χ1v) is 22.6. The second-order valence-electron chi connectivity index (χ2n) is 15.9. The molecule has 0 heterocycles. The van der Waals surface area contributed by atoms with E-state index in [4.69, 9.17) is 9.05 Å². The second kappa shape index (κ2) is 33.7. The van der Waals surface area contributed by atoms with Gasteiger partial charge in [-0.3, -0.25) is 13.8 Å². The zero-order chi connectivity index (χ0) is 38.1. The molecule has 9 nitrogen and oxygen atoms in total. The fraction of sp³-hybridized carbons (Fsp3) is 0.927. The maximum absolute atomic E-state index is 12.9. The topological polar surface area (TPSA) is 125 Å². The van der Waals surface area contributed by atoms with Crippen LogP contribution in [0.4, 0.5) is 0 Å². The van der Waals surface area contributed by atoms with Crippen LogP contribution in [0.15, 0.2) is 12.2 Å². The lowest BCUT2D eigenvalue weighted by Crippen LogP contribution is -2.51. The van der Waals surface area contributed by atoms with Gasteiger partial charge in [0, 0.05) is 6.42 Å². The van der Waals surface area contributed by atoms with Crippen molar-refractivity contribution in [2.24, 2.45) is 0 Å². The van der Waals surface area contributed by atoms with Gasteiger partial charge in [0.05, 0.1) is 39.9 Å². The predicted molar refractivity (Wildman–Crippen MR) is 214 cm³/mol. The molecule has 51 heavy (non-hydrogen) atoms. The number of carbonyl (C=O) groups excluding carboxylic acids is 1. The van der Waals surface area contributed by atoms with Crippen LogP contribution in [-0.2, 0) is 18.4 Å². The van der Waals surface area contributed by atoms with Gasteiger partial charge >= 0.3 is 7.82 Å². The molecule has 1 amide bonds. The molecular weight excluding hydrogens is 663 g/mol. The molecule has 0 aromatic heterocycles. The van der Waals surface area contributed by atoms with E-state index in [1.165, 1.54) is 122 Å². The maximum Gasteiger partial charge on any atom is 0.472 e. The van der Waals surface area contributed by atoms with E-state index in [0.717, 1.165) is 32.1 Å². The summed E-state index contributed by atoms with van der Waals surface area (Å²) in [5, 5.41) is 24.6. The van der Waals surface area contributed by atoms with Crippen LogP contribution in [0, 0.1) is 0 Å². The molecule has 0 fully saturated rings. The number of hydrogen-bond donors (Lipinski definition) is 4. The van der Waals surface area contributed by atoms with E-state index in [0.29, 0.717) is 23.9 Å². The van der Waals surface area contributed by atoms with E-state index < -0.39 is 32.7 Å². The minimum absolute atomic E-state index is 0.0190. The number of rotatable bonds is 38. The van der Waals surface area contributed by atoms with Crippen LogP contribution < -0.4 is 5.32 Å². The number of nitrogens with zero attached hydrogens (tertiary/aromatic N) is 1. The number of aliphatic hydroxyl groups excluding tert-OH is 2. The summed E-state index contributed by atoms with van der Waals surface area (Å²) in [6.07, 6.45) is 32.7. The molecule has 4 unspecified atom stereocenters. The summed E-state index contributed by atoms with van der Waals surface area (Å²) in [6, 6.07) is -1.04. The number of quaternary nitrogens is 1. The van der Waals surface area contributed by atoms with Gasteiger partial charge in [-0.15, -0.1) is 0 Å². The Morgan fingerprint density at radius 3 is 1.57 bits per heavy atom. The Bertz CT molecular complexity index is 867. The molecule has 0 aliphatic heterocycles. The molecule has 10 heteroatoms. The third-order valence-electron chi connectivity index (χ3n) is 9.61. The van der Waals surface area contributed by atoms with E-state index in [2.05, 4.69) is 31.3 Å². The molecule has 0 aliphatic carbocycles. The normalized spacial score (nSPS) is 15.2. The van der Waals surface area contributed by atoms with Crippen LogP contribution in [0.1, 0.15) is 187 Å². The van der Waals surface area contributed by atoms with E-state index in [-0.39, 0.29) is 18.9 Å². The lowest BCUT2D eigenvalue weighted by atomic mass is 10.0. The van der Waals surface area contributed by atoms with Gasteiger partial charge in [-0.25, -0.2) is 4.57 Å². The number of hydrogen-bond acceptors (Lipinski definition) is 6. The maximum atomic E-state index is 12.9. The monoisotopic (exact) mass is 748 g/mol. The fourth-order valence-corrected chi connectivity index (χ4v) is 6.88. The third kappa shape index (κ3) is 34.7. The molecule has 0 radical (unpaired) electrons. The molecule has 0 aliphatic rings. The van der Waals surface area contributed by atoms with Crippen LogP contribution in [-0.4, -0.2) is 84.6 Å². The van der Waals surface area contributed by atoms with Crippen LogP contribution in [0.3, 0.4) is 0 Å². The first kappa shape index (κ1) is 50.2. The second-order valence-corrected chi connectivity index (χ2v) is 17.3. The van der Waals surface area contributed by atoms with Crippen molar-refractivity contribution in [3.05, 3.63) is 12.2 Å². The van der Waals surface area contributed by atoms with Gasteiger partial charge < -0.3 is 24.9 Å². The standard InChI is InChI=1S/C41H83N2O7P/c1-6-8-10-12-14-16-18-20-21-22-24-26-28-30-32-34-40(45)42-38(37-50-51(47,48)49-36-35-43(3,4)5)41(46)39(44)33-31-29-27-25-23-19-17-15-13-11-9-7-2/h25,27,38-39,41,44,46H,6-24,26,28-37H2,1-5H3,(H-,42,45,47,48)/p+1/b27-25+. The van der Waals surface area contributed by atoms with E-state index in [9.17, 15) is 24.5 Å². The SMILES string of the molecule is CCCCCCCCC/C=C/CCCC(O)C(O)C(COP(=O)(O)OCC[N+](C)(C)C)NC(=O)CCCCCCCCCCCCCCCCC. The smallest absolute Gasteiger partial charge is 0.390 e. The van der Waals surface area contributed by atoms with Crippen molar-refractivity contribution >= 4 is 13.7 Å². The molecule has 4 atom stereocenters. The molecule has 304 valence electrons. The zero-order valence-corrected chi connectivity index (χ0v) is 34.9. The van der Waals surface area contributed by atoms with Crippen LogP contribution in [0.25, 0.3) is 0 Å². The summed E-state index contributed by atoms with van der Waals surface area (Å²) in [5.74, 6) is -0.267. The third-order valence-corrected chi connectivity index (χ3v) is 10.6. The summed E-state index contributed by atoms with van der Waals surface area (Å²) in [5.41, 5.74) is 0. The number of likely N-dealkylation sites (N-methyl/N-ethyl adjacent to an activating group) is 1. The molecule has 0 bridgehead atoms. The summed E-state index contributed by atoms with van der Waals surface area (Å²) >= 11 is 0. The Kier molecular flexibility index (Phi) is 33.2. The van der Waals surface area contributed by atoms with Gasteiger partial charge in [0.1, 0.15) is 19.3 Å². The van der Waals surface area contributed by atoms with Crippen LogP contribution >= 0.6 is 7.82 Å². The Hall–Kier alpha value is -0.800. The number of nitrogens with one attached hydrogen (secondary N) is 1. The zero-order valence-electron chi connectivity index (χ0n) is 34.0. The Morgan fingerprint density at radius 1 is 0.667 bits per heavy atom. The largest absolute Gasteiger partial charge is 0.472 e. The molecule has 0 saturated heterocycles. The number of phosphoric acid groups is 1. The molecule has 0 rings (SSSR count). The van der Waals surface area contributed by atoms with Crippen LogP contribution in [0.5, 0.6) is 0 Å². The van der Waals surface area contributed by atoms with Crippen molar-refractivity contribution in [1.82, 2.24) is 5.32 Å². The molecule has 0 aromatic carbocycles. The van der Waals surface area contributed by atoms with Crippen molar-refractivity contribution in [1.29, 1.82) is 0 Å². The van der Waals surface area contributed by atoms with Crippen molar-refractivity contribution in [2.75, 3.05) is 40.9 Å².